The van der Waals surface area contributed by atoms with Gasteiger partial charge in [0, 0.05) is 36.2 Å². The molecule has 0 unspecified atom stereocenters. The third-order valence-electron chi connectivity index (χ3n) is 6.01. The highest BCUT2D eigenvalue weighted by Gasteiger charge is 2.54. The van der Waals surface area contributed by atoms with Crippen LogP contribution in [0.3, 0.4) is 0 Å². The fraction of sp³-hybridized carbons (Fsp3) is 0.400. The van der Waals surface area contributed by atoms with Crippen molar-refractivity contribution in [2.24, 2.45) is 5.41 Å². The van der Waals surface area contributed by atoms with Crippen LogP contribution in [-0.2, 0) is 9.84 Å². The predicted octanol–water partition coefficient (Wildman–Crippen LogP) is 3.13. The standard InChI is InChI=1S/C20H19ClN4O4S/c1-30(27,28)16-4-11(2-3-22-16)17(26)24-14-8-20(9-14)6-12(7-20)18-25-15-5-13(21)10-23-19(15)29-18/h2-5,10,12,14H,6-9H2,1H3,(H,24,26). The van der Waals surface area contributed by atoms with Crippen LogP contribution in [0, 0.1) is 5.41 Å². The zero-order valence-corrected chi connectivity index (χ0v) is 17.7. The fourth-order valence-electron chi connectivity index (χ4n) is 4.59. The lowest BCUT2D eigenvalue weighted by atomic mass is 9.50. The summed E-state index contributed by atoms with van der Waals surface area (Å²) in [5.41, 5.74) is 1.68. The van der Waals surface area contributed by atoms with E-state index in [4.69, 9.17) is 16.0 Å². The number of nitrogens with zero attached hydrogens (tertiary/aromatic N) is 3. The highest BCUT2D eigenvalue weighted by atomic mass is 35.5. The molecule has 0 aromatic carbocycles. The molecular weight excluding hydrogens is 428 g/mol. The van der Waals surface area contributed by atoms with Gasteiger partial charge in [0.2, 0.25) is 11.6 Å². The molecule has 5 rings (SSSR count). The van der Waals surface area contributed by atoms with E-state index in [1.807, 2.05) is 0 Å². The molecule has 8 nitrogen and oxygen atoms in total. The number of halogens is 1. The Morgan fingerprint density at radius 2 is 2.00 bits per heavy atom. The Labute approximate surface area is 178 Å². The number of carbonyl (C=O) groups excluding carboxylic acids is 1. The van der Waals surface area contributed by atoms with Gasteiger partial charge in [-0.05, 0) is 49.3 Å². The van der Waals surface area contributed by atoms with E-state index in [-0.39, 0.29) is 28.3 Å². The van der Waals surface area contributed by atoms with E-state index in [2.05, 4.69) is 20.3 Å². The first kappa shape index (κ1) is 19.4. The molecule has 30 heavy (non-hydrogen) atoms. The summed E-state index contributed by atoms with van der Waals surface area (Å²) in [5.74, 6) is 0.676. The van der Waals surface area contributed by atoms with Crippen LogP contribution in [0.4, 0.5) is 0 Å². The summed E-state index contributed by atoms with van der Waals surface area (Å²) in [5, 5.41) is 3.42. The second kappa shape index (κ2) is 6.75. The van der Waals surface area contributed by atoms with Crippen molar-refractivity contribution in [3.8, 4) is 0 Å². The highest BCUT2D eigenvalue weighted by molar-refractivity contribution is 7.90. The minimum atomic E-state index is -3.45. The highest BCUT2D eigenvalue weighted by Crippen LogP contribution is 2.61. The topological polar surface area (TPSA) is 115 Å². The van der Waals surface area contributed by atoms with Crippen molar-refractivity contribution >= 4 is 38.6 Å². The molecule has 3 heterocycles. The lowest BCUT2D eigenvalue weighted by molar-refractivity contribution is -0.0254. The number of aromatic nitrogens is 3. The minimum Gasteiger partial charge on any atom is -0.422 e. The predicted molar refractivity (Wildman–Crippen MR) is 109 cm³/mol. The summed E-state index contributed by atoms with van der Waals surface area (Å²) in [6.07, 6.45) is 7.67. The molecule has 0 atom stereocenters. The Bertz CT molecular complexity index is 1260. The molecule has 2 aliphatic rings. The van der Waals surface area contributed by atoms with Crippen LogP contribution in [0.15, 0.2) is 40.0 Å². The monoisotopic (exact) mass is 446 g/mol. The van der Waals surface area contributed by atoms with Crippen LogP contribution < -0.4 is 5.32 Å². The van der Waals surface area contributed by atoms with Gasteiger partial charge < -0.3 is 9.73 Å². The smallest absolute Gasteiger partial charge is 0.251 e. The molecular formula is C20H19ClN4O4S. The van der Waals surface area contributed by atoms with E-state index in [0.29, 0.717) is 27.7 Å². The zero-order valence-electron chi connectivity index (χ0n) is 16.1. The van der Waals surface area contributed by atoms with E-state index in [9.17, 15) is 13.2 Å². The second-order valence-electron chi connectivity index (χ2n) is 8.37. The van der Waals surface area contributed by atoms with Crippen molar-refractivity contribution in [1.82, 2.24) is 20.3 Å². The first-order chi connectivity index (χ1) is 14.2. The molecule has 156 valence electrons. The molecule has 2 aliphatic carbocycles. The van der Waals surface area contributed by atoms with Gasteiger partial charge in [0.15, 0.2) is 14.9 Å². The van der Waals surface area contributed by atoms with Gasteiger partial charge in [-0.3, -0.25) is 4.79 Å². The van der Waals surface area contributed by atoms with Gasteiger partial charge in [-0.25, -0.2) is 23.4 Å². The normalized spacial score (nSPS) is 25.7. The maximum absolute atomic E-state index is 12.5. The van der Waals surface area contributed by atoms with Crippen molar-refractivity contribution in [2.45, 2.75) is 42.7 Å². The molecule has 10 heteroatoms. The average molecular weight is 447 g/mol. The van der Waals surface area contributed by atoms with Gasteiger partial charge in [0.1, 0.15) is 5.52 Å². The van der Waals surface area contributed by atoms with Crippen LogP contribution in [-0.4, -0.2) is 41.6 Å². The van der Waals surface area contributed by atoms with E-state index < -0.39 is 9.84 Å². The average Bonchev–Trinajstić information content (AvgIpc) is 3.04. The molecule has 0 radical (unpaired) electrons. The number of amides is 1. The van der Waals surface area contributed by atoms with Gasteiger partial charge in [0.05, 0.1) is 5.02 Å². The summed E-state index contributed by atoms with van der Waals surface area (Å²) in [6, 6.07) is 4.66. The van der Waals surface area contributed by atoms with E-state index in [0.717, 1.165) is 31.9 Å². The first-order valence-corrected chi connectivity index (χ1v) is 11.9. The molecule has 1 N–H and O–H groups in total. The van der Waals surface area contributed by atoms with Crippen LogP contribution >= 0.6 is 11.6 Å². The zero-order chi connectivity index (χ0) is 21.1. The van der Waals surface area contributed by atoms with E-state index >= 15 is 0 Å². The van der Waals surface area contributed by atoms with Gasteiger partial charge >= 0.3 is 0 Å². The molecule has 1 spiro atoms. The number of rotatable bonds is 4. The Morgan fingerprint density at radius 1 is 1.23 bits per heavy atom. The molecule has 3 aromatic heterocycles. The van der Waals surface area contributed by atoms with Gasteiger partial charge in [-0.2, -0.15) is 0 Å². The Kier molecular flexibility index (Phi) is 4.37. The van der Waals surface area contributed by atoms with Crippen molar-refractivity contribution in [1.29, 1.82) is 0 Å². The third-order valence-corrected chi connectivity index (χ3v) is 7.20. The van der Waals surface area contributed by atoms with E-state index in [1.165, 1.54) is 18.3 Å². The Balaban J connectivity index is 1.18. The number of fused-ring (bicyclic) bond motifs is 1. The molecule has 3 aromatic rings. The van der Waals surface area contributed by atoms with Gasteiger partial charge in [-0.15, -0.1) is 0 Å². The number of sulfone groups is 1. The summed E-state index contributed by atoms with van der Waals surface area (Å²) in [6.45, 7) is 0. The summed E-state index contributed by atoms with van der Waals surface area (Å²) in [7, 11) is -3.45. The first-order valence-electron chi connectivity index (χ1n) is 9.60. The van der Waals surface area contributed by atoms with E-state index in [1.54, 1.807) is 12.3 Å². The Morgan fingerprint density at radius 3 is 2.73 bits per heavy atom. The lowest BCUT2D eigenvalue weighted by Gasteiger charge is -2.57. The van der Waals surface area contributed by atoms with Crippen LogP contribution in [0.2, 0.25) is 5.02 Å². The third kappa shape index (κ3) is 3.45. The molecule has 0 saturated heterocycles. The van der Waals surface area contributed by atoms with Crippen molar-refractivity contribution in [3.05, 3.63) is 47.1 Å². The molecule has 0 bridgehead atoms. The van der Waals surface area contributed by atoms with Crippen LogP contribution in [0.5, 0.6) is 0 Å². The Hall–Kier alpha value is -2.52. The second-order valence-corrected chi connectivity index (χ2v) is 10.8. The number of hydrogen-bond acceptors (Lipinski definition) is 7. The largest absolute Gasteiger partial charge is 0.422 e. The summed E-state index contributed by atoms with van der Waals surface area (Å²) in [4.78, 5) is 25.0. The number of carbonyl (C=O) groups is 1. The molecule has 1 amide bonds. The molecule has 0 aliphatic heterocycles. The maximum atomic E-state index is 12.5. The molecule has 2 saturated carbocycles. The number of oxazole rings is 1. The minimum absolute atomic E-state index is 0.0809. The van der Waals surface area contributed by atoms with Crippen LogP contribution in [0.25, 0.3) is 11.2 Å². The van der Waals surface area contributed by atoms with Gasteiger partial charge in [0.25, 0.3) is 5.91 Å². The SMILES string of the molecule is CS(=O)(=O)c1cc(C(=O)NC2CC3(C2)CC(c2nc4cc(Cl)cnc4o2)C3)ccn1. The molecule has 2 fully saturated rings. The summed E-state index contributed by atoms with van der Waals surface area (Å²) < 4.78 is 29.0. The number of nitrogens with one attached hydrogen (secondary N) is 1. The maximum Gasteiger partial charge on any atom is 0.251 e. The van der Waals surface area contributed by atoms with Crippen molar-refractivity contribution < 1.29 is 17.6 Å². The van der Waals surface area contributed by atoms with Crippen molar-refractivity contribution in [2.75, 3.05) is 6.26 Å². The fourth-order valence-corrected chi connectivity index (χ4v) is 5.34. The number of hydrogen-bond donors (Lipinski definition) is 1. The lowest BCUT2D eigenvalue weighted by Crippen LogP contribution is -2.55. The number of pyridine rings is 2. The quantitative estimate of drug-likeness (QED) is 0.654. The van der Waals surface area contributed by atoms with Gasteiger partial charge in [-0.1, -0.05) is 11.6 Å². The summed E-state index contributed by atoms with van der Waals surface area (Å²) >= 11 is 5.95. The van der Waals surface area contributed by atoms with Crippen LogP contribution in [0.1, 0.15) is 47.8 Å². The van der Waals surface area contributed by atoms with Crippen molar-refractivity contribution in [3.63, 3.8) is 0 Å².